The lowest BCUT2D eigenvalue weighted by Crippen LogP contribution is -2.21. The topological polar surface area (TPSA) is 72.9 Å². The smallest absolute Gasteiger partial charge is 0.238 e. The minimum Gasteiger partial charge on any atom is -0.334 e. The third kappa shape index (κ3) is 2.58. The van der Waals surface area contributed by atoms with Crippen molar-refractivity contribution in [3.63, 3.8) is 0 Å². The van der Waals surface area contributed by atoms with E-state index in [1.165, 1.54) is 18.7 Å². The molecule has 0 spiro atoms. The van der Waals surface area contributed by atoms with Gasteiger partial charge in [-0.05, 0) is 25.0 Å². The summed E-state index contributed by atoms with van der Waals surface area (Å²) in [6, 6.07) is 7.70. The van der Waals surface area contributed by atoms with Gasteiger partial charge in [-0.1, -0.05) is 12.1 Å². The molecule has 1 aromatic carbocycles. The zero-order valence-corrected chi connectivity index (χ0v) is 11.3. The molecule has 2 aromatic rings. The van der Waals surface area contributed by atoms with E-state index in [0.29, 0.717) is 0 Å². The van der Waals surface area contributed by atoms with E-state index in [0.717, 1.165) is 29.9 Å². The molecule has 0 atom stereocenters. The van der Waals surface area contributed by atoms with Crippen molar-refractivity contribution in [2.75, 3.05) is 11.9 Å². The van der Waals surface area contributed by atoms with E-state index in [9.17, 15) is 4.79 Å². The maximum Gasteiger partial charge on any atom is 0.238 e. The highest BCUT2D eigenvalue weighted by Crippen LogP contribution is 2.23. The van der Waals surface area contributed by atoms with Gasteiger partial charge in [0.05, 0.1) is 12.2 Å². The molecule has 1 aliphatic rings. The maximum absolute atomic E-state index is 11.2. The quantitative estimate of drug-likeness (QED) is 0.893. The van der Waals surface area contributed by atoms with E-state index in [-0.39, 0.29) is 12.5 Å². The molecule has 0 bridgehead atoms. The summed E-state index contributed by atoms with van der Waals surface area (Å²) in [5, 5.41) is 2.73. The number of hydrogen-bond acceptors (Lipinski definition) is 3. The number of nitrogens with zero attached hydrogens (tertiary/aromatic N) is 2. The van der Waals surface area contributed by atoms with Gasteiger partial charge in [0.1, 0.15) is 5.82 Å². The first-order chi connectivity index (χ1) is 9.76. The Bertz CT molecular complexity index is 592. The molecular weight excluding hydrogens is 252 g/mol. The predicted octanol–water partition coefficient (Wildman–Crippen LogP) is 1.78. The van der Waals surface area contributed by atoms with E-state index >= 15 is 0 Å². The van der Waals surface area contributed by atoms with Crippen molar-refractivity contribution in [3.05, 3.63) is 36.3 Å². The second-order valence-corrected chi connectivity index (χ2v) is 5.02. The molecule has 1 amide bonds. The average Bonchev–Trinajstić information content (AvgIpc) is 2.91. The van der Waals surface area contributed by atoms with Crippen molar-refractivity contribution in [1.29, 1.82) is 0 Å². The molecule has 0 fully saturated rings. The Balaban J connectivity index is 1.80. The molecule has 20 heavy (non-hydrogen) atoms. The van der Waals surface area contributed by atoms with Crippen molar-refractivity contribution < 1.29 is 4.79 Å². The Morgan fingerprint density at radius 3 is 2.80 bits per heavy atom. The van der Waals surface area contributed by atoms with Crippen molar-refractivity contribution in [3.8, 4) is 11.3 Å². The zero-order valence-electron chi connectivity index (χ0n) is 11.3. The number of aromatic nitrogens is 2. The number of benzene rings is 1. The second kappa shape index (κ2) is 5.46. The van der Waals surface area contributed by atoms with Crippen LogP contribution in [-0.4, -0.2) is 22.0 Å². The van der Waals surface area contributed by atoms with Gasteiger partial charge in [-0.25, -0.2) is 4.98 Å². The number of carbonyl (C=O) groups excluding carboxylic acids is 1. The predicted molar refractivity (Wildman–Crippen MR) is 78.3 cm³/mol. The summed E-state index contributed by atoms with van der Waals surface area (Å²) >= 11 is 0. The summed E-state index contributed by atoms with van der Waals surface area (Å²) in [5.74, 6) is 0.988. The third-order valence-corrected chi connectivity index (χ3v) is 3.56. The Morgan fingerprint density at radius 1 is 1.30 bits per heavy atom. The highest BCUT2D eigenvalue weighted by molar-refractivity contribution is 5.92. The molecule has 0 unspecified atom stereocenters. The van der Waals surface area contributed by atoms with Crippen LogP contribution in [0.4, 0.5) is 5.69 Å². The van der Waals surface area contributed by atoms with Crippen LogP contribution >= 0.6 is 0 Å². The highest BCUT2D eigenvalue weighted by atomic mass is 16.1. The number of nitrogens with two attached hydrogens (primary N) is 1. The normalized spacial score (nSPS) is 13.8. The number of aryl methyl sites for hydroxylation is 2. The van der Waals surface area contributed by atoms with E-state index in [4.69, 9.17) is 5.73 Å². The van der Waals surface area contributed by atoms with Gasteiger partial charge in [0.15, 0.2) is 0 Å². The van der Waals surface area contributed by atoms with Crippen LogP contribution in [0.1, 0.15) is 18.7 Å². The molecule has 5 heteroatoms. The van der Waals surface area contributed by atoms with Gasteiger partial charge < -0.3 is 15.6 Å². The van der Waals surface area contributed by atoms with Crippen LogP contribution in [0.25, 0.3) is 11.3 Å². The van der Waals surface area contributed by atoms with Crippen LogP contribution in [-0.2, 0) is 17.8 Å². The van der Waals surface area contributed by atoms with E-state index < -0.39 is 0 Å². The van der Waals surface area contributed by atoms with Crippen molar-refractivity contribution >= 4 is 11.6 Å². The molecule has 1 aromatic heterocycles. The van der Waals surface area contributed by atoms with Crippen molar-refractivity contribution in [2.45, 2.75) is 25.8 Å². The molecule has 0 radical (unpaired) electrons. The van der Waals surface area contributed by atoms with Gasteiger partial charge in [-0.15, -0.1) is 0 Å². The lowest BCUT2D eigenvalue weighted by Gasteiger charge is -2.11. The minimum absolute atomic E-state index is 0.00445. The monoisotopic (exact) mass is 270 g/mol. The molecule has 104 valence electrons. The van der Waals surface area contributed by atoms with Crippen LogP contribution in [0.5, 0.6) is 0 Å². The van der Waals surface area contributed by atoms with E-state index in [2.05, 4.69) is 21.1 Å². The summed E-state index contributed by atoms with van der Waals surface area (Å²) in [5.41, 5.74) is 8.10. The van der Waals surface area contributed by atoms with Crippen molar-refractivity contribution in [2.24, 2.45) is 5.73 Å². The summed E-state index contributed by atoms with van der Waals surface area (Å²) in [4.78, 5) is 15.9. The fraction of sp³-hybridized carbons (Fsp3) is 0.333. The summed E-state index contributed by atoms with van der Waals surface area (Å²) in [6.07, 6.45) is 5.62. The number of hydrogen-bond donors (Lipinski definition) is 2. The first-order valence-electron chi connectivity index (χ1n) is 6.92. The Hall–Kier alpha value is -2.14. The molecule has 5 nitrogen and oxygen atoms in total. The molecule has 2 heterocycles. The zero-order chi connectivity index (χ0) is 13.9. The fourth-order valence-electron chi connectivity index (χ4n) is 2.49. The van der Waals surface area contributed by atoms with Crippen LogP contribution in [0.3, 0.4) is 0 Å². The van der Waals surface area contributed by atoms with Crippen LogP contribution in [0, 0.1) is 0 Å². The fourth-order valence-corrected chi connectivity index (χ4v) is 2.49. The van der Waals surface area contributed by atoms with Gasteiger partial charge in [0.2, 0.25) is 5.91 Å². The number of amides is 1. The second-order valence-electron chi connectivity index (χ2n) is 5.02. The number of anilines is 1. The number of nitrogens with one attached hydrogen (secondary N) is 1. The standard InChI is InChI=1S/C15H18N4O/c16-9-15(20)17-12-6-4-11(5-7-12)13-10-19-8-2-1-3-14(19)18-13/h4-7,10H,1-3,8-9,16H2,(H,17,20). The SMILES string of the molecule is NCC(=O)Nc1ccc(-c2cn3c(n2)CCCC3)cc1. The summed E-state index contributed by atoms with van der Waals surface area (Å²) in [6.45, 7) is 1.06. The lowest BCUT2D eigenvalue weighted by atomic mass is 10.1. The lowest BCUT2D eigenvalue weighted by molar-refractivity contribution is -0.114. The Morgan fingerprint density at radius 2 is 2.10 bits per heavy atom. The van der Waals surface area contributed by atoms with E-state index in [1.807, 2.05) is 24.3 Å². The first kappa shape index (κ1) is 12.9. The molecule has 0 saturated heterocycles. The van der Waals surface area contributed by atoms with Gasteiger partial charge in [-0.2, -0.15) is 0 Å². The molecule has 3 rings (SSSR count). The summed E-state index contributed by atoms with van der Waals surface area (Å²) in [7, 11) is 0. The summed E-state index contributed by atoms with van der Waals surface area (Å²) < 4.78 is 2.24. The first-order valence-corrected chi connectivity index (χ1v) is 6.92. The van der Waals surface area contributed by atoms with Gasteiger partial charge in [0.25, 0.3) is 0 Å². The third-order valence-electron chi connectivity index (χ3n) is 3.56. The van der Waals surface area contributed by atoms with E-state index in [1.54, 1.807) is 0 Å². The Kier molecular flexibility index (Phi) is 3.52. The number of fused-ring (bicyclic) bond motifs is 1. The molecule has 0 aliphatic carbocycles. The number of carbonyl (C=O) groups is 1. The molecular formula is C15H18N4O. The maximum atomic E-state index is 11.2. The Labute approximate surface area is 117 Å². The van der Waals surface area contributed by atoms with Crippen molar-refractivity contribution in [1.82, 2.24) is 9.55 Å². The largest absolute Gasteiger partial charge is 0.334 e. The van der Waals surface area contributed by atoms with Crippen LogP contribution in [0.2, 0.25) is 0 Å². The van der Waals surface area contributed by atoms with Gasteiger partial charge in [-0.3, -0.25) is 4.79 Å². The minimum atomic E-state index is -0.185. The van der Waals surface area contributed by atoms with Crippen LogP contribution < -0.4 is 11.1 Å². The van der Waals surface area contributed by atoms with Crippen LogP contribution in [0.15, 0.2) is 30.5 Å². The highest BCUT2D eigenvalue weighted by Gasteiger charge is 2.13. The number of imidazole rings is 1. The number of rotatable bonds is 3. The van der Waals surface area contributed by atoms with Gasteiger partial charge in [0, 0.05) is 30.4 Å². The molecule has 0 saturated carbocycles. The van der Waals surface area contributed by atoms with Gasteiger partial charge >= 0.3 is 0 Å². The molecule has 1 aliphatic heterocycles. The molecule has 3 N–H and O–H groups in total. The average molecular weight is 270 g/mol.